The van der Waals surface area contributed by atoms with Gasteiger partial charge in [0, 0.05) is 6.54 Å². The van der Waals surface area contributed by atoms with Gasteiger partial charge in [-0.2, -0.15) is 13.2 Å². The monoisotopic (exact) mass is 300 g/mol. The normalized spacial score (nSPS) is 23.0. The second-order valence-corrected chi connectivity index (χ2v) is 5.55. The second-order valence-electron chi connectivity index (χ2n) is 5.55. The van der Waals surface area contributed by atoms with Crippen LogP contribution >= 0.6 is 0 Å². The summed E-state index contributed by atoms with van der Waals surface area (Å²) in [5.74, 6) is -0.288. The van der Waals surface area contributed by atoms with Crippen LogP contribution in [0, 0.1) is 13.8 Å². The zero-order valence-electron chi connectivity index (χ0n) is 12.3. The smallest absolute Gasteiger partial charge is 0.321 e. The molecule has 6 heteroatoms. The van der Waals surface area contributed by atoms with Gasteiger partial charge in [0.1, 0.15) is 6.17 Å². The highest BCUT2D eigenvalue weighted by Gasteiger charge is 2.39. The molecule has 0 bridgehead atoms. The van der Waals surface area contributed by atoms with E-state index in [1.807, 2.05) is 32.0 Å². The van der Waals surface area contributed by atoms with Crippen molar-refractivity contribution in [2.75, 3.05) is 6.54 Å². The van der Waals surface area contributed by atoms with E-state index >= 15 is 0 Å². The number of hydrogen-bond donors (Lipinski definition) is 1. The number of amides is 1. The van der Waals surface area contributed by atoms with E-state index < -0.39 is 24.8 Å². The minimum Gasteiger partial charge on any atom is -0.321 e. The Morgan fingerprint density at radius 2 is 1.95 bits per heavy atom. The number of rotatable bonds is 3. The van der Waals surface area contributed by atoms with Gasteiger partial charge in [0.15, 0.2) is 0 Å². The molecule has 21 heavy (non-hydrogen) atoms. The third-order valence-corrected chi connectivity index (χ3v) is 3.73. The van der Waals surface area contributed by atoms with Crippen molar-refractivity contribution in [1.82, 2.24) is 10.2 Å². The molecule has 1 aliphatic heterocycles. The predicted octanol–water partition coefficient (Wildman–Crippen LogP) is 3.07. The van der Waals surface area contributed by atoms with Gasteiger partial charge in [-0.25, -0.2) is 0 Å². The molecular weight excluding hydrogens is 281 g/mol. The van der Waals surface area contributed by atoms with Crippen LogP contribution in [0.3, 0.4) is 0 Å². The number of halogens is 3. The van der Waals surface area contributed by atoms with Gasteiger partial charge < -0.3 is 4.90 Å². The molecule has 2 atom stereocenters. The number of carbonyl (C=O) groups is 1. The van der Waals surface area contributed by atoms with Crippen molar-refractivity contribution >= 4 is 5.91 Å². The minimum absolute atomic E-state index is 0.288. The number of alkyl halides is 3. The first-order valence-electron chi connectivity index (χ1n) is 6.89. The Bertz CT molecular complexity index is 542. The lowest BCUT2D eigenvalue weighted by Gasteiger charge is -2.26. The second kappa shape index (κ2) is 5.67. The molecule has 3 nitrogen and oxygen atoms in total. The Kier molecular flexibility index (Phi) is 4.27. The molecule has 1 aromatic rings. The van der Waals surface area contributed by atoms with E-state index in [0.717, 1.165) is 16.7 Å². The standard InChI is InChI=1S/C15H19F3N2O/c1-9-4-5-12(10(2)8-9)13-19-11(3)14(21)20(13)7-6-15(16,17)18/h4-5,8,11,13,19H,6-7H2,1-3H3. The van der Waals surface area contributed by atoms with E-state index in [0.29, 0.717) is 0 Å². The highest BCUT2D eigenvalue weighted by Crippen LogP contribution is 2.30. The molecule has 2 rings (SSSR count). The van der Waals surface area contributed by atoms with Crippen LogP contribution in [-0.2, 0) is 4.79 Å². The van der Waals surface area contributed by atoms with Gasteiger partial charge in [0.25, 0.3) is 0 Å². The molecule has 0 aliphatic carbocycles. The Morgan fingerprint density at radius 1 is 1.29 bits per heavy atom. The van der Waals surface area contributed by atoms with Gasteiger partial charge in [-0.1, -0.05) is 23.8 Å². The highest BCUT2D eigenvalue weighted by atomic mass is 19.4. The first-order chi connectivity index (χ1) is 9.69. The number of carbonyl (C=O) groups excluding carboxylic acids is 1. The summed E-state index contributed by atoms with van der Waals surface area (Å²) >= 11 is 0. The maximum absolute atomic E-state index is 12.4. The fraction of sp³-hybridized carbons (Fsp3) is 0.533. The van der Waals surface area contributed by atoms with E-state index in [-0.39, 0.29) is 12.5 Å². The number of benzene rings is 1. The lowest BCUT2D eigenvalue weighted by molar-refractivity contribution is -0.145. The minimum atomic E-state index is -4.26. The van der Waals surface area contributed by atoms with Crippen molar-refractivity contribution in [3.8, 4) is 0 Å². The van der Waals surface area contributed by atoms with Crippen molar-refractivity contribution < 1.29 is 18.0 Å². The van der Waals surface area contributed by atoms with Gasteiger partial charge in [-0.05, 0) is 31.9 Å². The first kappa shape index (κ1) is 15.8. The number of nitrogens with zero attached hydrogens (tertiary/aromatic N) is 1. The molecule has 1 aromatic carbocycles. The summed E-state index contributed by atoms with van der Waals surface area (Å²) < 4.78 is 37.3. The van der Waals surface area contributed by atoms with E-state index in [9.17, 15) is 18.0 Å². The number of hydrogen-bond acceptors (Lipinski definition) is 2. The van der Waals surface area contributed by atoms with E-state index in [2.05, 4.69) is 5.32 Å². The highest BCUT2D eigenvalue weighted by molar-refractivity contribution is 5.84. The lowest BCUT2D eigenvalue weighted by Crippen LogP contribution is -2.34. The molecule has 0 spiro atoms. The molecule has 1 fully saturated rings. The van der Waals surface area contributed by atoms with Crippen molar-refractivity contribution in [2.24, 2.45) is 0 Å². The van der Waals surface area contributed by atoms with Crippen LogP contribution < -0.4 is 5.32 Å². The molecule has 0 radical (unpaired) electrons. The molecule has 1 saturated heterocycles. The van der Waals surface area contributed by atoms with E-state index in [1.165, 1.54) is 4.90 Å². The van der Waals surface area contributed by atoms with Crippen molar-refractivity contribution in [3.63, 3.8) is 0 Å². The fourth-order valence-corrected chi connectivity index (χ4v) is 2.65. The predicted molar refractivity (Wildman–Crippen MR) is 73.6 cm³/mol. The molecule has 1 aliphatic rings. The fourth-order valence-electron chi connectivity index (χ4n) is 2.65. The molecule has 1 amide bonds. The Labute approximate surface area is 122 Å². The van der Waals surface area contributed by atoms with Gasteiger partial charge in [-0.15, -0.1) is 0 Å². The Balaban J connectivity index is 2.25. The zero-order valence-corrected chi connectivity index (χ0v) is 12.3. The maximum atomic E-state index is 12.4. The third kappa shape index (κ3) is 3.56. The Morgan fingerprint density at radius 3 is 2.52 bits per heavy atom. The van der Waals surface area contributed by atoms with E-state index in [4.69, 9.17) is 0 Å². The average molecular weight is 300 g/mol. The van der Waals surface area contributed by atoms with Crippen LogP contribution in [0.25, 0.3) is 0 Å². The van der Waals surface area contributed by atoms with Crippen molar-refractivity contribution in [2.45, 2.75) is 45.6 Å². The van der Waals surface area contributed by atoms with Crippen LogP contribution in [0.2, 0.25) is 0 Å². The average Bonchev–Trinajstić information content (AvgIpc) is 2.62. The lowest BCUT2D eigenvalue weighted by atomic mass is 10.0. The molecule has 1 N–H and O–H groups in total. The van der Waals surface area contributed by atoms with Crippen LogP contribution in [-0.4, -0.2) is 29.6 Å². The third-order valence-electron chi connectivity index (χ3n) is 3.73. The topological polar surface area (TPSA) is 32.3 Å². The van der Waals surface area contributed by atoms with Gasteiger partial charge in [0.2, 0.25) is 5.91 Å². The molecule has 116 valence electrons. The summed E-state index contributed by atoms with van der Waals surface area (Å²) in [6.45, 7) is 5.21. The van der Waals surface area contributed by atoms with E-state index in [1.54, 1.807) is 6.92 Å². The SMILES string of the molecule is Cc1ccc(C2NC(C)C(=O)N2CCC(F)(F)F)c(C)c1. The number of aryl methyl sites for hydroxylation is 2. The first-order valence-corrected chi connectivity index (χ1v) is 6.89. The molecule has 0 aromatic heterocycles. The summed E-state index contributed by atoms with van der Waals surface area (Å²) in [7, 11) is 0. The van der Waals surface area contributed by atoms with Crippen LogP contribution in [0.1, 0.15) is 36.2 Å². The molecule has 2 unspecified atom stereocenters. The van der Waals surface area contributed by atoms with Crippen LogP contribution in [0.4, 0.5) is 13.2 Å². The summed E-state index contributed by atoms with van der Waals surface area (Å²) in [5.41, 5.74) is 2.89. The Hall–Kier alpha value is -1.56. The van der Waals surface area contributed by atoms with Gasteiger partial charge >= 0.3 is 6.18 Å². The molecule has 1 heterocycles. The van der Waals surface area contributed by atoms with Gasteiger partial charge in [0.05, 0.1) is 12.5 Å². The summed E-state index contributed by atoms with van der Waals surface area (Å²) in [5, 5.41) is 3.08. The summed E-state index contributed by atoms with van der Waals surface area (Å²) in [4.78, 5) is 13.4. The van der Waals surface area contributed by atoms with Gasteiger partial charge in [-0.3, -0.25) is 10.1 Å². The van der Waals surface area contributed by atoms with Crippen LogP contribution in [0.5, 0.6) is 0 Å². The van der Waals surface area contributed by atoms with Crippen LogP contribution in [0.15, 0.2) is 18.2 Å². The quantitative estimate of drug-likeness (QED) is 0.930. The largest absolute Gasteiger partial charge is 0.390 e. The summed E-state index contributed by atoms with van der Waals surface area (Å²) in [6.07, 6.45) is -5.75. The molecular formula is C15H19F3N2O. The zero-order chi connectivity index (χ0) is 15.8. The molecule has 0 saturated carbocycles. The van der Waals surface area contributed by atoms with Crippen molar-refractivity contribution in [1.29, 1.82) is 0 Å². The van der Waals surface area contributed by atoms with Crippen molar-refractivity contribution in [3.05, 3.63) is 34.9 Å². The maximum Gasteiger partial charge on any atom is 0.390 e. The summed E-state index contributed by atoms with van der Waals surface area (Å²) in [6, 6.07) is 5.27. The number of nitrogens with one attached hydrogen (secondary N) is 1.